The topological polar surface area (TPSA) is 183 Å². The minimum absolute atomic E-state index is 0.0229. The fourth-order valence-electron chi connectivity index (χ4n) is 3.32. The monoisotopic (exact) mass is 541 g/mol. The lowest BCUT2D eigenvalue weighted by molar-refractivity contribution is -0.174. The average molecular weight is 542 g/mol. The summed E-state index contributed by atoms with van der Waals surface area (Å²) >= 11 is 2.37. The van der Waals surface area contributed by atoms with Crippen molar-refractivity contribution >= 4 is 57.7 Å². The molecule has 2 atom stereocenters. The number of aromatic nitrogens is 1. The largest absolute Gasteiger partial charge is 0.427 e. The molecule has 13 nitrogen and oxygen atoms in total. The van der Waals surface area contributed by atoms with Crippen molar-refractivity contribution in [2.24, 2.45) is 10.6 Å². The fourth-order valence-corrected chi connectivity index (χ4v) is 5.20. The van der Waals surface area contributed by atoms with Crippen molar-refractivity contribution in [1.82, 2.24) is 15.2 Å². The van der Waals surface area contributed by atoms with E-state index in [1.165, 1.54) is 29.2 Å². The van der Waals surface area contributed by atoms with E-state index in [-0.39, 0.29) is 23.1 Å². The van der Waals surface area contributed by atoms with Crippen LogP contribution in [0.25, 0.3) is 0 Å². The molecule has 0 bridgehead atoms. The highest BCUT2D eigenvalue weighted by atomic mass is 32.2. The van der Waals surface area contributed by atoms with Gasteiger partial charge in [-0.15, -0.1) is 23.1 Å². The molecule has 0 spiro atoms. The van der Waals surface area contributed by atoms with Gasteiger partial charge in [0, 0.05) is 18.2 Å². The molecule has 3 rings (SSSR count). The Morgan fingerprint density at radius 2 is 2.08 bits per heavy atom. The van der Waals surface area contributed by atoms with Crippen molar-refractivity contribution < 1.29 is 38.6 Å². The number of nitrogens with two attached hydrogens (primary N) is 1. The Morgan fingerprint density at radius 1 is 1.36 bits per heavy atom. The quantitative estimate of drug-likeness (QED) is 0.0945. The molecular formula is C21H27N5O8S2. The molecule has 2 aliphatic heterocycles. The number of esters is 2. The molecule has 2 aliphatic rings. The normalized spacial score (nSPS) is 19.9. The average Bonchev–Trinajstić information content (AvgIpc) is 3.28. The molecule has 2 amide bonds. The van der Waals surface area contributed by atoms with Crippen molar-refractivity contribution in [1.29, 1.82) is 0 Å². The van der Waals surface area contributed by atoms with Gasteiger partial charge in [0.15, 0.2) is 10.8 Å². The van der Waals surface area contributed by atoms with Crippen molar-refractivity contribution in [3.63, 3.8) is 0 Å². The number of nitrogens with one attached hydrogen (secondary N) is 1. The molecule has 4 N–H and O–H groups in total. The van der Waals surface area contributed by atoms with Gasteiger partial charge in [-0.2, -0.15) is 0 Å². The highest BCUT2D eigenvalue weighted by molar-refractivity contribution is 8.00. The van der Waals surface area contributed by atoms with Crippen LogP contribution in [0, 0.1) is 5.41 Å². The summed E-state index contributed by atoms with van der Waals surface area (Å²) in [6.07, 6.45) is 0.537. The van der Waals surface area contributed by atoms with Gasteiger partial charge in [-0.1, -0.05) is 12.1 Å². The summed E-state index contributed by atoms with van der Waals surface area (Å²) in [5.41, 5.74) is 4.98. The van der Waals surface area contributed by atoms with E-state index in [4.69, 9.17) is 19.9 Å². The molecular weight excluding hydrogens is 514 g/mol. The number of hydrogen-bond acceptors (Lipinski definition) is 13. The van der Waals surface area contributed by atoms with Gasteiger partial charge in [0.25, 0.3) is 11.8 Å². The van der Waals surface area contributed by atoms with Gasteiger partial charge in [-0.3, -0.25) is 19.3 Å². The number of ether oxygens (including phenoxy) is 3. The maximum absolute atomic E-state index is 13.0. The first kappa shape index (κ1) is 27.4. The number of amides is 2. The third kappa shape index (κ3) is 5.47. The Balaban J connectivity index is 1.70. The van der Waals surface area contributed by atoms with Crippen molar-refractivity contribution in [2.75, 3.05) is 32.0 Å². The number of hydrogen-bond donors (Lipinski definition) is 3. The lowest BCUT2D eigenvalue weighted by Crippen LogP contribution is -2.71. The predicted octanol–water partition coefficient (Wildman–Crippen LogP) is 0.684. The smallest absolute Gasteiger partial charge is 0.358 e. The Bertz CT molecular complexity index is 1120. The Hall–Kier alpha value is -3.17. The second kappa shape index (κ2) is 11.3. The summed E-state index contributed by atoms with van der Waals surface area (Å²) < 4.78 is 15.4. The van der Waals surface area contributed by atoms with E-state index in [0.717, 1.165) is 11.3 Å². The van der Waals surface area contributed by atoms with Gasteiger partial charge in [-0.25, -0.2) is 9.78 Å². The maximum atomic E-state index is 13.0. The summed E-state index contributed by atoms with van der Waals surface area (Å²) in [5.74, 6) is -2.45. The van der Waals surface area contributed by atoms with Gasteiger partial charge in [-0.05, 0) is 25.8 Å². The molecule has 1 fully saturated rings. The lowest BCUT2D eigenvalue weighted by Gasteiger charge is -2.49. The van der Waals surface area contributed by atoms with Crippen molar-refractivity contribution in [3.05, 3.63) is 22.3 Å². The predicted molar refractivity (Wildman–Crippen MR) is 130 cm³/mol. The van der Waals surface area contributed by atoms with Crippen LogP contribution >= 0.6 is 23.1 Å². The number of carbonyl (C=O) groups excluding carboxylic acids is 4. The van der Waals surface area contributed by atoms with Crippen LogP contribution in [-0.2, 0) is 33.4 Å². The van der Waals surface area contributed by atoms with Gasteiger partial charge >= 0.3 is 11.9 Å². The lowest BCUT2D eigenvalue weighted by atomic mass is 9.91. The third-order valence-corrected chi connectivity index (χ3v) is 7.76. The number of oxime groups is 1. The van der Waals surface area contributed by atoms with Gasteiger partial charge in [0.05, 0.1) is 12.0 Å². The number of carbonyl (C=O) groups is 4. The number of anilines is 1. The van der Waals surface area contributed by atoms with Crippen LogP contribution in [0.5, 0.6) is 0 Å². The molecule has 3 heterocycles. The fraction of sp³-hybridized carbons (Fsp3) is 0.524. The van der Waals surface area contributed by atoms with Crippen molar-refractivity contribution in [3.8, 4) is 0 Å². The number of methoxy groups -OCH3 is 1. The molecule has 0 aromatic carbocycles. The van der Waals surface area contributed by atoms with Gasteiger partial charge < -0.3 is 30.5 Å². The van der Waals surface area contributed by atoms with Crippen LogP contribution in [0.2, 0.25) is 0 Å². The van der Waals surface area contributed by atoms with E-state index >= 15 is 0 Å². The number of nitrogen functional groups attached to an aromatic ring is 1. The van der Waals surface area contributed by atoms with Crippen molar-refractivity contribution in [2.45, 2.75) is 38.6 Å². The summed E-state index contributed by atoms with van der Waals surface area (Å²) in [6, 6.07) is -0.995. The molecule has 1 aromatic rings. The highest BCUT2D eigenvalue weighted by Crippen LogP contribution is 2.40. The van der Waals surface area contributed by atoms with E-state index in [9.17, 15) is 24.4 Å². The Kier molecular flexibility index (Phi) is 8.58. The first-order chi connectivity index (χ1) is 17.0. The van der Waals surface area contributed by atoms with Crippen LogP contribution in [-0.4, -0.2) is 82.2 Å². The van der Waals surface area contributed by atoms with E-state index in [1.807, 2.05) is 6.92 Å². The van der Waals surface area contributed by atoms with E-state index < -0.39 is 53.1 Å². The SMILES string of the molecule is CCC(C)(C)C(=O)OCOC(=O)C1=C(COC)CS[C@H]2C(NC(=O)/C(=N\O)c3csc(N)n3)C(=O)N12. The van der Waals surface area contributed by atoms with E-state index in [2.05, 4.69) is 15.5 Å². The molecule has 196 valence electrons. The van der Waals surface area contributed by atoms with Crippen LogP contribution in [0.3, 0.4) is 0 Å². The van der Waals surface area contributed by atoms with E-state index in [1.54, 1.807) is 13.8 Å². The molecule has 1 saturated heterocycles. The summed E-state index contributed by atoms with van der Waals surface area (Å²) in [6.45, 7) is 4.71. The van der Waals surface area contributed by atoms with Crippen LogP contribution in [0.4, 0.5) is 5.13 Å². The van der Waals surface area contributed by atoms with Gasteiger partial charge in [0.1, 0.15) is 22.8 Å². The summed E-state index contributed by atoms with van der Waals surface area (Å²) in [7, 11) is 1.45. The number of fused-ring (bicyclic) bond motifs is 1. The Morgan fingerprint density at radius 3 is 2.67 bits per heavy atom. The van der Waals surface area contributed by atoms with Crippen LogP contribution in [0.1, 0.15) is 32.9 Å². The molecule has 1 aromatic heterocycles. The number of nitrogens with zero attached hydrogens (tertiary/aromatic N) is 3. The zero-order chi connectivity index (χ0) is 26.6. The molecule has 0 aliphatic carbocycles. The number of rotatable bonds is 10. The summed E-state index contributed by atoms with van der Waals surface area (Å²) in [4.78, 5) is 55.8. The standard InChI is InChI=1S/C21H27N5O8S2/c1-5-21(2,3)19(30)34-9-33-18(29)14-10(6-32-4)7-35-17-13(16(28)26(14)17)24-15(27)12(25-31)11-8-36-20(22)23-11/h8,13,17,31H,5-7,9H2,1-4H3,(H2,22,23)(H,24,27)/b25-12-/t13?,17-/m0/s1. The highest BCUT2D eigenvalue weighted by Gasteiger charge is 2.54. The number of thiazole rings is 1. The zero-order valence-corrected chi connectivity index (χ0v) is 21.7. The number of thioether (sulfide) groups is 1. The maximum Gasteiger partial charge on any atom is 0.358 e. The minimum Gasteiger partial charge on any atom is -0.427 e. The molecule has 15 heteroatoms. The molecule has 36 heavy (non-hydrogen) atoms. The Labute approximate surface area is 215 Å². The van der Waals surface area contributed by atoms with Gasteiger partial charge in [0.2, 0.25) is 6.79 Å². The molecule has 0 saturated carbocycles. The van der Waals surface area contributed by atoms with E-state index in [0.29, 0.717) is 17.7 Å². The number of β-lactam (4-membered cyclic amide) rings is 1. The minimum atomic E-state index is -0.995. The van der Waals surface area contributed by atoms with Crippen LogP contribution in [0.15, 0.2) is 21.8 Å². The first-order valence-electron chi connectivity index (χ1n) is 10.8. The zero-order valence-electron chi connectivity index (χ0n) is 20.1. The molecule has 0 radical (unpaired) electrons. The first-order valence-corrected chi connectivity index (χ1v) is 12.7. The molecule has 1 unspecified atom stereocenters. The second-order valence-electron chi connectivity index (χ2n) is 8.48. The summed E-state index contributed by atoms with van der Waals surface area (Å²) in [5, 5.41) is 15.8. The third-order valence-electron chi connectivity index (χ3n) is 5.74. The second-order valence-corrected chi connectivity index (χ2v) is 10.5. The van der Waals surface area contributed by atoms with Crippen LogP contribution < -0.4 is 11.1 Å².